The van der Waals surface area contributed by atoms with Gasteiger partial charge in [0.2, 0.25) is 0 Å². The molecule has 2 N–H and O–H groups in total. The van der Waals surface area contributed by atoms with E-state index in [0.29, 0.717) is 13.0 Å². The predicted octanol–water partition coefficient (Wildman–Crippen LogP) is 2.40. The van der Waals surface area contributed by atoms with Crippen LogP contribution in [0, 0.1) is 5.92 Å². The average molecular weight is 228 g/mol. The van der Waals surface area contributed by atoms with Crippen molar-refractivity contribution in [3.05, 3.63) is 42.1 Å². The standard InChI is InChI=1S/C14H16N2O/c1-10(9-15)7-14(17)12-4-5-13-11(8-12)3-2-6-16-13/h2-6,8,10H,7,9,15H2,1H3. The van der Waals surface area contributed by atoms with Gasteiger partial charge >= 0.3 is 0 Å². The molecule has 3 heteroatoms. The normalized spacial score (nSPS) is 12.6. The van der Waals surface area contributed by atoms with Crippen LogP contribution in [-0.4, -0.2) is 17.3 Å². The maximum absolute atomic E-state index is 12.0. The van der Waals surface area contributed by atoms with Crippen LogP contribution in [0.5, 0.6) is 0 Å². The first-order valence-electron chi connectivity index (χ1n) is 5.78. The van der Waals surface area contributed by atoms with Crippen LogP contribution >= 0.6 is 0 Å². The Hall–Kier alpha value is -1.74. The second kappa shape index (κ2) is 5.06. The maximum atomic E-state index is 12.0. The Balaban J connectivity index is 2.27. The Kier molecular flexibility index (Phi) is 3.49. The van der Waals surface area contributed by atoms with E-state index in [0.717, 1.165) is 16.5 Å². The number of hydrogen-bond acceptors (Lipinski definition) is 3. The van der Waals surface area contributed by atoms with Crippen LogP contribution in [0.3, 0.4) is 0 Å². The second-order valence-electron chi connectivity index (χ2n) is 4.38. The van der Waals surface area contributed by atoms with Crippen LogP contribution in [0.4, 0.5) is 0 Å². The SMILES string of the molecule is CC(CN)CC(=O)c1ccc2ncccc2c1. The average Bonchev–Trinajstić information content (AvgIpc) is 2.38. The molecule has 0 saturated carbocycles. The molecule has 0 bridgehead atoms. The molecule has 1 aromatic carbocycles. The number of benzene rings is 1. The van der Waals surface area contributed by atoms with Crippen molar-refractivity contribution in [1.82, 2.24) is 4.98 Å². The summed E-state index contributed by atoms with van der Waals surface area (Å²) in [6.07, 6.45) is 2.25. The van der Waals surface area contributed by atoms with Crippen LogP contribution < -0.4 is 5.73 Å². The second-order valence-corrected chi connectivity index (χ2v) is 4.38. The highest BCUT2D eigenvalue weighted by molar-refractivity contribution is 5.99. The topological polar surface area (TPSA) is 56.0 Å². The summed E-state index contributed by atoms with van der Waals surface area (Å²) in [5.74, 6) is 0.376. The van der Waals surface area contributed by atoms with Crippen molar-refractivity contribution in [2.24, 2.45) is 11.7 Å². The van der Waals surface area contributed by atoms with E-state index in [-0.39, 0.29) is 11.7 Å². The molecule has 0 aliphatic heterocycles. The van der Waals surface area contributed by atoms with E-state index < -0.39 is 0 Å². The molecule has 0 amide bonds. The molecule has 1 aromatic heterocycles. The molecular formula is C14H16N2O. The Morgan fingerprint density at radius 3 is 3.00 bits per heavy atom. The molecule has 2 rings (SSSR count). The van der Waals surface area contributed by atoms with Gasteiger partial charge in [-0.1, -0.05) is 13.0 Å². The third kappa shape index (κ3) is 2.68. The smallest absolute Gasteiger partial charge is 0.163 e. The number of ketones is 1. The lowest BCUT2D eigenvalue weighted by Gasteiger charge is -2.07. The minimum absolute atomic E-state index is 0.147. The number of carbonyl (C=O) groups is 1. The third-order valence-corrected chi connectivity index (χ3v) is 2.86. The van der Waals surface area contributed by atoms with Crippen molar-refractivity contribution in [3.63, 3.8) is 0 Å². The Labute approximate surface area is 101 Å². The molecule has 1 heterocycles. The minimum atomic E-state index is 0.147. The Morgan fingerprint density at radius 1 is 1.41 bits per heavy atom. The van der Waals surface area contributed by atoms with Gasteiger partial charge in [0.05, 0.1) is 5.52 Å². The van der Waals surface area contributed by atoms with Gasteiger partial charge in [-0.3, -0.25) is 9.78 Å². The van der Waals surface area contributed by atoms with E-state index in [1.807, 2.05) is 37.3 Å². The van der Waals surface area contributed by atoms with E-state index in [4.69, 9.17) is 5.73 Å². The maximum Gasteiger partial charge on any atom is 0.163 e. The molecule has 17 heavy (non-hydrogen) atoms. The zero-order valence-electron chi connectivity index (χ0n) is 9.89. The van der Waals surface area contributed by atoms with Crippen molar-refractivity contribution in [2.45, 2.75) is 13.3 Å². The summed E-state index contributed by atoms with van der Waals surface area (Å²) in [6.45, 7) is 2.53. The van der Waals surface area contributed by atoms with Crippen molar-refractivity contribution in [2.75, 3.05) is 6.54 Å². The molecule has 1 unspecified atom stereocenters. The molecule has 0 aliphatic carbocycles. The van der Waals surface area contributed by atoms with Crippen LogP contribution in [0.25, 0.3) is 10.9 Å². The molecule has 1 atom stereocenters. The number of aromatic nitrogens is 1. The fourth-order valence-electron chi connectivity index (χ4n) is 1.77. The van der Waals surface area contributed by atoms with Crippen molar-refractivity contribution < 1.29 is 4.79 Å². The monoisotopic (exact) mass is 228 g/mol. The molecule has 0 radical (unpaired) electrons. The highest BCUT2D eigenvalue weighted by Gasteiger charge is 2.10. The van der Waals surface area contributed by atoms with E-state index in [9.17, 15) is 4.79 Å². The number of hydrogen-bond donors (Lipinski definition) is 1. The van der Waals surface area contributed by atoms with Crippen LogP contribution in [0.15, 0.2) is 36.5 Å². The van der Waals surface area contributed by atoms with Crippen molar-refractivity contribution in [1.29, 1.82) is 0 Å². The summed E-state index contributed by atoms with van der Waals surface area (Å²) in [4.78, 5) is 16.2. The lowest BCUT2D eigenvalue weighted by molar-refractivity contribution is 0.0966. The predicted molar refractivity (Wildman–Crippen MR) is 68.9 cm³/mol. The summed E-state index contributed by atoms with van der Waals surface area (Å²) in [5, 5.41) is 0.999. The first-order chi connectivity index (χ1) is 8.20. The van der Waals surface area contributed by atoms with E-state index in [2.05, 4.69) is 4.98 Å². The number of pyridine rings is 1. The first-order valence-corrected chi connectivity index (χ1v) is 5.78. The van der Waals surface area contributed by atoms with Gasteiger partial charge < -0.3 is 5.73 Å². The molecule has 3 nitrogen and oxygen atoms in total. The lowest BCUT2D eigenvalue weighted by atomic mass is 9.99. The zero-order chi connectivity index (χ0) is 12.3. The third-order valence-electron chi connectivity index (χ3n) is 2.86. The van der Waals surface area contributed by atoms with Gasteiger partial charge in [-0.2, -0.15) is 0 Å². The fourth-order valence-corrected chi connectivity index (χ4v) is 1.77. The molecule has 2 aromatic rings. The largest absolute Gasteiger partial charge is 0.330 e. The Bertz CT molecular complexity index is 536. The number of fused-ring (bicyclic) bond motifs is 1. The number of Topliss-reactive ketones (excluding diaryl/α,β-unsaturated/α-hetero) is 1. The molecule has 88 valence electrons. The molecule has 0 saturated heterocycles. The number of carbonyl (C=O) groups excluding carboxylic acids is 1. The van der Waals surface area contributed by atoms with Gasteiger partial charge in [0.1, 0.15) is 0 Å². The van der Waals surface area contributed by atoms with Crippen LogP contribution in [0.2, 0.25) is 0 Å². The van der Waals surface area contributed by atoms with E-state index in [1.54, 1.807) is 6.20 Å². The lowest BCUT2D eigenvalue weighted by Crippen LogP contribution is -2.15. The van der Waals surface area contributed by atoms with Gasteiger partial charge in [0.15, 0.2) is 5.78 Å². The molecular weight excluding hydrogens is 212 g/mol. The van der Waals surface area contributed by atoms with E-state index in [1.165, 1.54) is 0 Å². The highest BCUT2D eigenvalue weighted by Crippen LogP contribution is 2.16. The molecule has 0 fully saturated rings. The summed E-state index contributed by atoms with van der Waals surface area (Å²) in [7, 11) is 0. The summed E-state index contributed by atoms with van der Waals surface area (Å²) < 4.78 is 0. The summed E-state index contributed by atoms with van der Waals surface area (Å²) >= 11 is 0. The van der Waals surface area contributed by atoms with Gasteiger partial charge in [-0.25, -0.2) is 0 Å². The minimum Gasteiger partial charge on any atom is -0.330 e. The zero-order valence-corrected chi connectivity index (χ0v) is 9.89. The summed E-state index contributed by atoms with van der Waals surface area (Å²) in [6, 6.07) is 9.45. The van der Waals surface area contributed by atoms with Gasteiger partial charge in [0, 0.05) is 23.6 Å². The van der Waals surface area contributed by atoms with Crippen LogP contribution in [-0.2, 0) is 0 Å². The number of nitrogens with two attached hydrogens (primary N) is 1. The van der Waals surface area contributed by atoms with Gasteiger partial charge in [-0.05, 0) is 36.7 Å². The molecule has 0 spiro atoms. The first kappa shape index (κ1) is 11.7. The van der Waals surface area contributed by atoms with E-state index >= 15 is 0 Å². The quantitative estimate of drug-likeness (QED) is 0.817. The summed E-state index contributed by atoms with van der Waals surface area (Å²) in [5.41, 5.74) is 7.18. The van der Waals surface area contributed by atoms with Crippen molar-refractivity contribution in [3.8, 4) is 0 Å². The Morgan fingerprint density at radius 2 is 2.24 bits per heavy atom. The fraction of sp³-hybridized carbons (Fsp3) is 0.286. The van der Waals surface area contributed by atoms with Crippen LogP contribution in [0.1, 0.15) is 23.7 Å². The molecule has 0 aliphatic rings. The highest BCUT2D eigenvalue weighted by atomic mass is 16.1. The number of nitrogens with zero attached hydrogens (tertiary/aromatic N) is 1. The van der Waals surface area contributed by atoms with Crippen molar-refractivity contribution >= 4 is 16.7 Å². The number of rotatable bonds is 4. The van der Waals surface area contributed by atoms with Gasteiger partial charge in [-0.15, -0.1) is 0 Å². The van der Waals surface area contributed by atoms with Gasteiger partial charge in [0.25, 0.3) is 0 Å².